The van der Waals surface area contributed by atoms with Crippen LogP contribution in [0.25, 0.3) is 0 Å². The van der Waals surface area contributed by atoms with Gasteiger partial charge < -0.3 is 9.05 Å². The van der Waals surface area contributed by atoms with Gasteiger partial charge in [-0.3, -0.25) is 9.55 Å². The van der Waals surface area contributed by atoms with Crippen LogP contribution in [0.4, 0.5) is 0 Å². The normalized spacial score (nSPS) is 13.7. The minimum absolute atomic E-state index is 0.291. The molecule has 0 N–H and O–H groups in total. The van der Waals surface area contributed by atoms with Gasteiger partial charge in [0.2, 0.25) is 0 Å². The van der Waals surface area contributed by atoms with E-state index in [1.54, 1.807) is 12.4 Å². The molecular formula is C11H18NO3P. The Morgan fingerprint density at radius 1 is 1.38 bits per heavy atom. The van der Waals surface area contributed by atoms with Gasteiger partial charge in [-0.2, -0.15) is 0 Å². The molecule has 1 atom stereocenters. The Morgan fingerprint density at radius 2 is 2.00 bits per heavy atom. The number of aromatic nitrogens is 1. The number of nitrogens with zero attached hydrogens (tertiary/aromatic N) is 1. The molecule has 16 heavy (non-hydrogen) atoms. The molecule has 0 aliphatic heterocycles. The van der Waals surface area contributed by atoms with E-state index in [2.05, 4.69) is 4.98 Å². The maximum atomic E-state index is 12.4. The van der Waals surface area contributed by atoms with Crippen molar-refractivity contribution >= 4 is 7.60 Å². The van der Waals surface area contributed by atoms with Crippen molar-refractivity contribution in [3.8, 4) is 0 Å². The Kier molecular flexibility index (Phi) is 5.13. The van der Waals surface area contributed by atoms with E-state index in [1.807, 2.05) is 32.9 Å². The third-order valence-corrected chi connectivity index (χ3v) is 4.74. The lowest BCUT2D eigenvalue weighted by molar-refractivity contribution is 0.213. The van der Waals surface area contributed by atoms with Gasteiger partial charge in [-0.05, 0) is 32.4 Å². The fourth-order valence-corrected chi connectivity index (χ4v) is 3.19. The summed E-state index contributed by atoms with van der Waals surface area (Å²) in [6.45, 7) is 6.20. The first kappa shape index (κ1) is 13.4. The summed E-state index contributed by atoms with van der Waals surface area (Å²) in [5.74, 6) is 0. The van der Waals surface area contributed by atoms with Gasteiger partial charge in [0.25, 0.3) is 0 Å². The summed E-state index contributed by atoms with van der Waals surface area (Å²) in [5.41, 5.74) is 0.578. The van der Waals surface area contributed by atoms with Crippen molar-refractivity contribution in [3.63, 3.8) is 0 Å². The lowest BCUT2D eigenvalue weighted by Gasteiger charge is -2.23. The summed E-state index contributed by atoms with van der Waals surface area (Å²) in [6.07, 6.45) is 3.37. The molecule has 0 saturated carbocycles. The van der Waals surface area contributed by atoms with Crippen LogP contribution < -0.4 is 0 Å². The molecule has 1 rings (SSSR count). The SMILES string of the molecule is CCOP(=O)(OCC)C(C)c1cccnc1. The molecular weight excluding hydrogens is 225 g/mol. The van der Waals surface area contributed by atoms with E-state index >= 15 is 0 Å². The Hall–Kier alpha value is -0.700. The highest BCUT2D eigenvalue weighted by Gasteiger charge is 2.33. The summed E-state index contributed by atoms with van der Waals surface area (Å²) in [6, 6.07) is 3.69. The third kappa shape index (κ3) is 3.14. The lowest BCUT2D eigenvalue weighted by atomic mass is 10.2. The predicted molar refractivity (Wildman–Crippen MR) is 63.5 cm³/mol. The molecule has 0 saturated heterocycles. The van der Waals surface area contributed by atoms with Gasteiger partial charge in [-0.15, -0.1) is 0 Å². The second-order valence-electron chi connectivity index (χ2n) is 3.34. The van der Waals surface area contributed by atoms with Crippen molar-refractivity contribution in [2.75, 3.05) is 13.2 Å². The van der Waals surface area contributed by atoms with Crippen LogP contribution >= 0.6 is 7.60 Å². The van der Waals surface area contributed by atoms with E-state index in [1.165, 1.54) is 0 Å². The van der Waals surface area contributed by atoms with Crippen LogP contribution in [0.5, 0.6) is 0 Å². The molecule has 0 amide bonds. The second kappa shape index (κ2) is 6.14. The zero-order valence-electron chi connectivity index (χ0n) is 9.92. The highest BCUT2D eigenvalue weighted by molar-refractivity contribution is 7.54. The number of rotatable bonds is 6. The van der Waals surface area contributed by atoms with Gasteiger partial charge in [0.15, 0.2) is 0 Å². The molecule has 1 unspecified atom stereocenters. The highest BCUT2D eigenvalue weighted by atomic mass is 31.2. The van der Waals surface area contributed by atoms with Crippen LogP contribution in [0.2, 0.25) is 0 Å². The Balaban J connectivity index is 2.91. The minimum atomic E-state index is -3.07. The van der Waals surface area contributed by atoms with Crippen LogP contribution in [-0.4, -0.2) is 18.2 Å². The summed E-state index contributed by atoms with van der Waals surface area (Å²) >= 11 is 0. The fraction of sp³-hybridized carbons (Fsp3) is 0.545. The molecule has 1 aromatic rings. The Labute approximate surface area is 96.5 Å². The van der Waals surface area contributed by atoms with Crippen molar-refractivity contribution < 1.29 is 13.6 Å². The van der Waals surface area contributed by atoms with Gasteiger partial charge in [0.05, 0.1) is 18.9 Å². The van der Waals surface area contributed by atoms with E-state index < -0.39 is 7.60 Å². The van der Waals surface area contributed by atoms with Crippen LogP contribution in [0.15, 0.2) is 24.5 Å². The first-order chi connectivity index (χ1) is 7.64. The molecule has 90 valence electrons. The van der Waals surface area contributed by atoms with Crippen molar-refractivity contribution in [2.24, 2.45) is 0 Å². The maximum Gasteiger partial charge on any atom is 0.337 e. The topological polar surface area (TPSA) is 48.4 Å². The fourth-order valence-electron chi connectivity index (χ4n) is 1.43. The van der Waals surface area contributed by atoms with Crippen molar-refractivity contribution in [1.29, 1.82) is 0 Å². The number of hydrogen-bond donors (Lipinski definition) is 0. The van der Waals surface area contributed by atoms with Crippen molar-refractivity contribution in [1.82, 2.24) is 4.98 Å². The molecule has 0 spiro atoms. The number of hydrogen-bond acceptors (Lipinski definition) is 4. The van der Waals surface area contributed by atoms with E-state index in [4.69, 9.17) is 9.05 Å². The second-order valence-corrected chi connectivity index (χ2v) is 5.71. The molecule has 0 aliphatic rings. The van der Waals surface area contributed by atoms with E-state index in [-0.39, 0.29) is 5.66 Å². The lowest BCUT2D eigenvalue weighted by Crippen LogP contribution is -2.04. The van der Waals surface area contributed by atoms with Crippen molar-refractivity contribution in [3.05, 3.63) is 30.1 Å². The van der Waals surface area contributed by atoms with E-state index in [9.17, 15) is 4.57 Å². The number of pyridine rings is 1. The van der Waals surface area contributed by atoms with Crippen LogP contribution in [-0.2, 0) is 13.6 Å². The standard InChI is InChI=1S/C11H18NO3P/c1-4-14-16(13,15-5-2)10(3)11-7-6-8-12-9-11/h6-10H,4-5H2,1-3H3. The maximum absolute atomic E-state index is 12.4. The van der Waals surface area contributed by atoms with Gasteiger partial charge in [-0.1, -0.05) is 6.07 Å². The molecule has 0 fully saturated rings. The van der Waals surface area contributed by atoms with Gasteiger partial charge in [0.1, 0.15) is 0 Å². The molecule has 0 radical (unpaired) electrons. The summed E-state index contributed by atoms with van der Waals surface area (Å²) in [7, 11) is -3.07. The Bertz CT molecular complexity index is 346. The summed E-state index contributed by atoms with van der Waals surface area (Å²) in [4.78, 5) is 4.01. The Morgan fingerprint density at radius 3 is 2.44 bits per heavy atom. The first-order valence-corrected chi connectivity index (χ1v) is 7.04. The quantitative estimate of drug-likeness (QED) is 0.718. The zero-order valence-corrected chi connectivity index (χ0v) is 10.8. The highest BCUT2D eigenvalue weighted by Crippen LogP contribution is 2.60. The van der Waals surface area contributed by atoms with Crippen LogP contribution in [0.1, 0.15) is 32.0 Å². The van der Waals surface area contributed by atoms with E-state index in [0.29, 0.717) is 13.2 Å². The van der Waals surface area contributed by atoms with Gasteiger partial charge in [0, 0.05) is 12.4 Å². The molecule has 5 heteroatoms. The van der Waals surface area contributed by atoms with Crippen LogP contribution in [0.3, 0.4) is 0 Å². The van der Waals surface area contributed by atoms with E-state index in [0.717, 1.165) is 5.56 Å². The summed E-state index contributed by atoms with van der Waals surface area (Å²) in [5, 5.41) is 0. The summed E-state index contributed by atoms with van der Waals surface area (Å²) < 4.78 is 23.0. The molecule has 4 nitrogen and oxygen atoms in total. The predicted octanol–water partition coefficient (Wildman–Crippen LogP) is 3.41. The largest absolute Gasteiger partial charge is 0.337 e. The molecule has 1 aromatic heterocycles. The van der Waals surface area contributed by atoms with Crippen LogP contribution in [0, 0.1) is 0 Å². The average molecular weight is 243 g/mol. The smallest absolute Gasteiger partial charge is 0.308 e. The van der Waals surface area contributed by atoms with Crippen molar-refractivity contribution in [2.45, 2.75) is 26.4 Å². The molecule has 1 heterocycles. The first-order valence-electron chi connectivity index (χ1n) is 5.42. The zero-order chi connectivity index (χ0) is 12.0. The molecule has 0 bridgehead atoms. The molecule has 0 aliphatic carbocycles. The monoisotopic (exact) mass is 243 g/mol. The average Bonchev–Trinajstić information content (AvgIpc) is 2.30. The molecule has 0 aromatic carbocycles. The third-order valence-electron chi connectivity index (χ3n) is 2.26. The van der Waals surface area contributed by atoms with Gasteiger partial charge in [-0.25, -0.2) is 0 Å². The minimum Gasteiger partial charge on any atom is -0.308 e. The van der Waals surface area contributed by atoms with Gasteiger partial charge >= 0.3 is 7.60 Å².